The molecule has 20 heavy (non-hydrogen) atoms. The Morgan fingerprint density at radius 1 is 1.35 bits per heavy atom. The number of aromatic nitrogens is 1. The minimum atomic E-state index is -0.234. The highest BCUT2D eigenvalue weighted by atomic mass is 16.1. The van der Waals surface area contributed by atoms with E-state index in [4.69, 9.17) is 5.73 Å². The fourth-order valence-electron chi connectivity index (χ4n) is 2.27. The molecule has 4 N–H and O–H groups in total. The summed E-state index contributed by atoms with van der Waals surface area (Å²) in [5.74, 6) is 0.295. The zero-order valence-corrected chi connectivity index (χ0v) is 11.7. The maximum absolute atomic E-state index is 11.1. The number of pyridine rings is 1. The van der Waals surface area contributed by atoms with Gasteiger partial charge < -0.3 is 16.4 Å². The monoisotopic (exact) mass is 274 g/mol. The predicted molar refractivity (Wildman–Crippen MR) is 81.6 cm³/mol. The van der Waals surface area contributed by atoms with Gasteiger partial charge in [-0.3, -0.25) is 4.79 Å². The molecule has 1 aromatic rings. The number of nitrogens with one attached hydrogen (secondary N) is 2. The molecule has 5 heteroatoms. The molecular weight excluding hydrogens is 252 g/mol. The third-order valence-electron chi connectivity index (χ3n) is 3.38. The number of hydrogen-bond donors (Lipinski definition) is 3. The largest absolute Gasteiger partial charge is 0.383 e. The van der Waals surface area contributed by atoms with Crippen molar-refractivity contribution < 1.29 is 4.79 Å². The Labute approximate surface area is 119 Å². The number of nitrogens with zero attached hydrogens (tertiary/aromatic N) is 1. The number of nitrogens with two attached hydrogens (primary N) is 1. The van der Waals surface area contributed by atoms with E-state index in [0.29, 0.717) is 5.82 Å². The van der Waals surface area contributed by atoms with Gasteiger partial charge in [0.2, 0.25) is 5.91 Å². The van der Waals surface area contributed by atoms with Crippen molar-refractivity contribution in [1.29, 1.82) is 0 Å². The van der Waals surface area contributed by atoms with Crippen LogP contribution in [0.4, 0.5) is 11.5 Å². The van der Waals surface area contributed by atoms with Gasteiger partial charge in [0.05, 0.1) is 18.4 Å². The smallest absolute Gasteiger partial charge is 0.239 e. The van der Waals surface area contributed by atoms with E-state index in [-0.39, 0.29) is 12.5 Å². The Kier molecular flexibility index (Phi) is 5.55. The molecular formula is C15H22N4O. The summed E-state index contributed by atoms with van der Waals surface area (Å²) in [5.41, 5.74) is 7.75. The molecule has 0 saturated carbocycles. The number of allylic oxidation sites excluding steroid dienone is 1. The first-order chi connectivity index (χ1) is 9.78. The Hall–Kier alpha value is -1.88. The van der Waals surface area contributed by atoms with Crippen molar-refractivity contribution in [1.82, 2.24) is 4.98 Å². The fourth-order valence-corrected chi connectivity index (χ4v) is 2.27. The number of anilines is 2. The van der Waals surface area contributed by atoms with Crippen LogP contribution in [0.5, 0.6) is 0 Å². The van der Waals surface area contributed by atoms with E-state index in [0.717, 1.165) is 18.7 Å². The van der Waals surface area contributed by atoms with Crippen molar-refractivity contribution in [3.05, 3.63) is 30.0 Å². The van der Waals surface area contributed by atoms with Crippen LogP contribution in [0, 0.1) is 0 Å². The third kappa shape index (κ3) is 4.66. The lowest BCUT2D eigenvalue weighted by Gasteiger charge is -2.13. The summed E-state index contributed by atoms with van der Waals surface area (Å²) in [4.78, 5) is 15.3. The van der Waals surface area contributed by atoms with E-state index in [2.05, 4.69) is 21.7 Å². The summed E-state index contributed by atoms with van der Waals surface area (Å²) in [7, 11) is 0. The first-order valence-corrected chi connectivity index (χ1v) is 7.15. The molecule has 1 aliphatic carbocycles. The van der Waals surface area contributed by atoms with Gasteiger partial charge in [-0.05, 0) is 44.2 Å². The number of hydrogen-bond acceptors (Lipinski definition) is 4. The molecule has 1 aromatic heterocycles. The third-order valence-corrected chi connectivity index (χ3v) is 3.38. The Morgan fingerprint density at radius 2 is 2.25 bits per heavy atom. The molecule has 0 atom stereocenters. The van der Waals surface area contributed by atoms with E-state index < -0.39 is 0 Å². The van der Waals surface area contributed by atoms with Crippen LogP contribution in [-0.2, 0) is 4.79 Å². The molecule has 0 aromatic carbocycles. The van der Waals surface area contributed by atoms with E-state index in [1.165, 1.54) is 25.7 Å². The minimum Gasteiger partial charge on any atom is -0.383 e. The van der Waals surface area contributed by atoms with Crippen LogP contribution < -0.4 is 16.4 Å². The van der Waals surface area contributed by atoms with Crippen LogP contribution in [-0.4, -0.2) is 24.0 Å². The zero-order chi connectivity index (χ0) is 14.2. The van der Waals surface area contributed by atoms with Gasteiger partial charge in [-0.15, -0.1) is 0 Å². The molecule has 1 heterocycles. The second-order valence-corrected chi connectivity index (χ2v) is 4.97. The molecule has 0 bridgehead atoms. The normalized spacial score (nSPS) is 14.6. The second-order valence-electron chi connectivity index (χ2n) is 4.97. The maximum Gasteiger partial charge on any atom is 0.239 e. The Morgan fingerprint density at radius 3 is 2.90 bits per heavy atom. The number of rotatable bonds is 6. The zero-order valence-electron chi connectivity index (χ0n) is 11.7. The van der Waals surface area contributed by atoms with Crippen molar-refractivity contribution in [3.8, 4) is 0 Å². The molecule has 0 spiro atoms. The van der Waals surface area contributed by atoms with Gasteiger partial charge in [0.25, 0.3) is 0 Å². The van der Waals surface area contributed by atoms with Crippen LogP contribution in [0.2, 0.25) is 0 Å². The Balaban J connectivity index is 1.75. The van der Waals surface area contributed by atoms with Crippen LogP contribution >= 0.6 is 0 Å². The molecule has 108 valence electrons. The van der Waals surface area contributed by atoms with Crippen LogP contribution in [0.25, 0.3) is 0 Å². The molecule has 0 aliphatic heterocycles. The van der Waals surface area contributed by atoms with Gasteiger partial charge in [-0.2, -0.15) is 0 Å². The topological polar surface area (TPSA) is 80.0 Å². The van der Waals surface area contributed by atoms with Gasteiger partial charge in [-0.1, -0.05) is 11.6 Å². The average Bonchev–Trinajstić information content (AvgIpc) is 2.50. The average molecular weight is 274 g/mol. The molecule has 5 nitrogen and oxygen atoms in total. The van der Waals surface area contributed by atoms with Gasteiger partial charge in [0.15, 0.2) is 0 Å². The molecule has 0 unspecified atom stereocenters. The second kappa shape index (κ2) is 7.65. The predicted octanol–water partition coefficient (Wildman–Crippen LogP) is 2.28. The van der Waals surface area contributed by atoms with Gasteiger partial charge in [0, 0.05) is 6.54 Å². The van der Waals surface area contributed by atoms with Gasteiger partial charge in [0.1, 0.15) is 5.82 Å². The molecule has 2 rings (SSSR count). The highest BCUT2D eigenvalue weighted by Crippen LogP contribution is 2.20. The summed E-state index contributed by atoms with van der Waals surface area (Å²) < 4.78 is 0. The number of amides is 1. The summed E-state index contributed by atoms with van der Waals surface area (Å²) in [6.45, 7) is 0.888. The van der Waals surface area contributed by atoms with Crippen molar-refractivity contribution in [2.75, 3.05) is 23.7 Å². The highest BCUT2D eigenvalue weighted by Gasteiger charge is 2.03. The van der Waals surface area contributed by atoms with E-state index >= 15 is 0 Å². The molecule has 1 amide bonds. The van der Waals surface area contributed by atoms with Crippen molar-refractivity contribution in [2.24, 2.45) is 5.73 Å². The highest BCUT2D eigenvalue weighted by molar-refractivity contribution is 5.91. The number of carbonyl (C=O) groups excluding carboxylic acids is 1. The van der Waals surface area contributed by atoms with E-state index in [1.54, 1.807) is 17.8 Å². The lowest BCUT2D eigenvalue weighted by Crippen LogP contribution is -2.22. The first-order valence-electron chi connectivity index (χ1n) is 7.15. The minimum absolute atomic E-state index is 0.0310. The molecule has 0 radical (unpaired) electrons. The van der Waals surface area contributed by atoms with Crippen LogP contribution in [0.15, 0.2) is 30.0 Å². The van der Waals surface area contributed by atoms with Crippen LogP contribution in [0.3, 0.4) is 0 Å². The summed E-state index contributed by atoms with van der Waals surface area (Å²) >= 11 is 0. The Bertz CT molecular complexity index is 467. The van der Waals surface area contributed by atoms with Crippen molar-refractivity contribution in [2.45, 2.75) is 32.1 Å². The summed E-state index contributed by atoms with van der Waals surface area (Å²) in [6.07, 6.45) is 10.3. The SMILES string of the molecule is NCC(=O)Nc1ccc(NCCC2=CCCCC2)cn1. The first kappa shape index (κ1) is 14.5. The molecule has 0 fully saturated rings. The quantitative estimate of drug-likeness (QED) is 0.695. The van der Waals surface area contributed by atoms with Crippen LogP contribution in [0.1, 0.15) is 32.1 Å². The fraction of sp³-hybridized carbons (Fsp3) is 0.467. The van der Waals surface area contributed by atoms with E-state index in [1.807, 2.05) is 6.07 Å². The lowest BCUT2D eigenvalue weighted by atomic mass is 9.97. The summed E-state index contributed by atoms with van der Waals surface area (Å²) in [5, 5.41) is 5.96. The lowest BCUT2D eigenvalue weighted by molar-refractivity contribution is -0.114. The van der Waals surface area contributed by atoms with Gasteiger partial charge >= 0.3 is 0 Å². The maximum atomic E-state index is 11.1. The standard InChI is InChI=1S/C15H22N4O/c16-10-15(20)19-14-7-6-13(11-18-14)17-9-8-12-4-2-1-3-5-12/h4,6-7,11,17H,1-3,5,8-10,16H2,(H,18,19,20). The van der Waals surface area contributed by atoms with Crippen molar-refractivity contribution in [3.63, 3.8) is 0 Å². The molecule has 1 aliphatic rings. The molecule has 0 saturated heterocycles. The summed E-state index contributed by atoms with van der Waals surface area (Å²) in [6, 6.07) is 3.68. The van der Waals surface area contributed by atoms with E-state index in [9.17, 15) is 4.79 Å². The van der Waals surface area contributed by atoms with Gasteiger partial charge in [-0.25, -0.2) is 4.98 Å². The van der Waals surface area contributed by atoms with Crippen molar-refractivity contribution >= 4 is 17.4 Å². The number of carbonyl (C=O) groups is 1.